The smallest absolute Gasteiger partial charge is 0.0829 e. The Hall–Kier alpha value is -1.00. The van der Waals surface area contributed by atoms with Gasteiger partial charge in [0.1, 0.15) is 0 Å². The molecule has 0 aromatic carbocycles. The Morgan fingerprint density at radius 3 is 2.79 bits per heavy atom. The van der Waals surface area contributed by atoms with E-state index in [1.54, 1.807) is 18.6 Å². The van der Waals surface area contributed by atoms with Gasteiger partial charge < -0.3 is 10.4 Å². The SMILES string of the molecule is CCCNC(C)(CO)c1cnccn1. The molecule has 1 unspecified atom stereocenters. The van der Waals surface area contributed by atoms with Gasteiger partial charge in [0.15, 0.2) is 0 Å². The first kappa shape index (κ1) is 11.1. The Labute approximate surface area is 84.4 Å². The monoisotopic (exact) mass is 195 g/mol. The summed E-state index contributed by atoms with van der Waals surface area (Å²) in [6.45, 7) is 4.88. The van der Waals surface area contributed by atoms with E-state index in [4.69, 9.17) is 0 Å². The number of rotatable bonds is 5. The summed E-state index contributed by atoms with van der Waals surface area (Å²) in [6.07, 6.45) is 5.96. The summed E-state index contributed by atoms with van der Waals surface area (Å²) in [5, 5.41) is 12.6. The molecule has 1 rings (SSSR count). The van der Waals surface area contributed by atoms with Crippen molar-refractivity contribution in [3.63, 3.8) is 0 Å². The third kappa shape index (κ3) is 2.49. The van der Waals surface area contributed by atoms with E-state index < -0.39 is 5.54 Å². The Balaban J connectivity index is 2.79. The van der Waals surface area contributed by atoms with Crippen molar-refractivity contribution >= 4 is 0 Å². The van der Waals surface area contributed by atoms with Crippen LogP contribution in [0.3, 0.4) is 0 Å². The lowest BCUT2D eigenvalue weighted by Gasteiger charge is -2.27. The van der Waals surface area contributed by atoms with Crippen LogP contribution in [-0.4, -0.2) is 28.2 Å². The summed E-state index contributed by atoms with van der Waals surface area (Å²) in [5.41, 5.74) is 0.292. The lowest BCUT2D eigenvalue weighted by atomic mass is 9.99. The third-order valence-corrected chi connectivity index (χ3v) is 2.21. The van der Waals surface area contributed by atoms with Gasteiger partial charge >= 0.3 is 0 Å². The lowest BCUT2D eigenvalue weighted by molar-refractivity contribution is 0.171. The molecule has 0 fully saturated rings. The van der Waals surface area contributed by atoms with Gasteiger partial charge in [-0.2, -0.15) is 0 Å². The van der Waals surface area contributed by atoms with E-state index in [9.17, 15) is 5.11 Å². The maximum absolute atomic E-state index is 9.34. The summed E-state index contributed by atoms with van der Waals surface area (Å²) in [6, 6.07) is 0. The number of hydrogen-bond donors (Lipinski definition) is 2. The zero-order chi connectivity index (χ0) is 10.4. The van der Waals surface area contributed by atoms with Gasteiger partial charge in [-0.3, -0.25) is 9.97 Å². The lowest BCUT2D eigenvalue weighted by Crippen LogP contribution is -2.44. The average Bonchev–Trinajstić information content (AvgIpc) is 2.27. The Morgan fingerprint density at radius 1 is 1.50 bits per heavy atom. The van der Waals surface area contributed by atoms with Crippen LogP contribution < -0.4 is 5.32 Å². The summed E-state index contributed by atoms with van der Waals surface area (Å²) in [5.74, 6) is 0. The second-order valence-corrected chi connectivity index (χ2v) is 3.51. The minimum Gasteiger partial charge on any atom is -0.394 e. The predicted octanol–water partition coefficient (Wildman–Crippen LogP) is 0.684. The third-order valence-electron chi connectivity index (χ3n) is 2.21. The van der Waals surface area contributed by atoms with Crippen molar-refractivity contribution in [2.45, 2.75) is 25.8 Å². The van der Waals surface area contributed by atoms with Gasteiger partial charge in [-0.15, -0.1) is 0 Å². The van der Waals surface area contributed by atoms with Gasteiger partial charge in [0.2, 0.25) is 0 Å². The molecule has 4 nitrogen and oxygen atoms in total. The van der Waals surface area contributed by atoms with Crippen molar-refractivity contribution in [2.75, 3.05) is 13.2 Å². The van der Waals surface area contributed by atoms with Crippen LogP contribution in [0.5, 0.6) is 0 Å². The van der Waals surface area contributed by atoms with Crippen LogP contribution in [0.2, 0.25) is 0 Å². The number of aliphatic hydroxyl groups is 1. The number of aliphatic hydroxyl groups excluding tert-OH is 1. The van der Waals surface area contributed by atoms with Crippen molar-refractivity contribution < 1.29 is 5.11 Å². The fraction of sp³-hybridized carbons (Fsp3) is 0.600. The fourth-order valence-electron chi connectivity index (χ4n) is 1.21. The van der Waals surface area contributed by atoms with Crippen LogP contribution in [0.25, 0.3) is 0 Å². The first-order valence-electron chi connectivity index (χ1n) is 4.85. The molecule has 1 heterocycles. The van der Waals surface area contributed by atoms with Crippen molar-refractivity contribution in [1.29, 1.82) is 0 Å². The molecule has 0 spiro atoms. The van der Waals surface area contributed by atoms with E-state index in [2.05, 4.69) is 22.2 Å². The van der Waals surface area contributed by atoms with Gasteiger partial charge in [-0.05, 0) is 19.9 Å². The van der Waals surface area contributed by atoms with E-state index >= 15 is 0 Å². The Morgan fingerprint density at radius 2 is 2.29 bits per heavy atom. The van der Waals surface area contributed by atoms with E-state index in [0.717, 1.165) is 18.7 Å². The summed E-state index contributed by atoms with van der Waals surface area (Å²) in [4.78, 5) is 8.18. The average molecular weight is 195 g/mol. The predicted molar refractivity (Wildman–Crippen MR) is 54.8 cm³/mol. The largest absolute Gasteiger partial charge is 0.394 e. The van der Waals surface area contributed by atoms with Gasteiger partial charge in [0, 0.05) is 12.4 Å². The molecule has 1 aromatic rings. The summed E-state index contributed by atoms with van der Waals surface area (Å²) in [7, 11) is 0. The highest BCUT2D eigenvalue weighted by molar-refractivity contribution is 5.10. The highest BCUT2D eigenvalue weighted by Crippen LogP contribution is 2.16. The number of nitrogens with zero attached hydrogens (tertiary/aromatic N) is 2. The minimum absolute atomic E-state index is 0.0195. The number of aromatic nitrogens is 2. The Bertz CT molecular complexity index is 265. The zero-order valence-corrected chi connectivity index (χ0v) is 8.70. The normalized spacial score (nSPS) is 15.1. The maximum atomic E-state index is 9.34. The first-order chi connectivity index (χ1) is 6.73. The molecule has 78 valence electrons. The zero-order valence-electron chi connectivity index (χ0n) is 8.70. The van der Waals surface area contributed by atoms with Crippen molar-refractivity contribution in [2.24, 2.45) is 0 Å². The van der Waals surface area contributed by atoms with Gasteiger partial charge in [-0.25, -0.2) is 0 Å². The molecule has 4 heteroatoms. The fourth-order valence-corrected chi connectivity index (χ4v) is 1.21. The van der Waals surface area contributed by atoms with Crippen LogP contribution in [0.1, 0.15) is 26.0 Å². The molecule has 0 saturated heterocycles. The highest BCUT2D eigenvalue weighted by atomic mass is 16.3. The van der Waals surface area contributed by atoms with Crippen molar-refractivity contribution in [3.05, 3.63) is 24.3 Å². The molecule has 14 heavy (non-hydrogen) atoms. The molecule has 0 aliphatic carbocycles. The van der Waals surface area contributed by atoms with Crippen molar-refractivity contribution in [1.82, 2.24) is 15.3 Å². The molecule has 0 bridgehead atoms. The minimum atomic E-state index is -0.482. The van der Waals surface area contributed by atoms with Crippen LogP contribution in [0.4, 0.5) is 0 Å². The molecular formula is C10H17N3O. The molecule has 0 aliphatic heterocycles. The maximum Gasteiger partial charge on any atom is 0.0829 e. The molecule has 0 amide bonds. The Kier molecular flexibility index (Phi) is 3.98. The van der Waals surface area contributed by atoms with E-state index in [-0.39, 0.29) is 6.61 Å². The van der Waals surface area contributed by atoms with Crippen LogP contribution in [-0.2, 0) is 5.54 Å². The number of hydrogen-bond acceptors (Lipinski definition) is 4. The molecule has 0 radical (unpaired) electrons. The first-order valence-corrected chi connectivity index (χ1v) is 4.85. The number of nitrogens with one attached hydrogen (secondary N) is 1. The van der Waals surface area contributed by atoms with E-state index in [1.165, 1.54) is 0 Å². The highest BCUT2D eigenvalue weighted by Gasteiger charge is 2.26. The van der Waals surface area contributed by atoms with Crippen LogP contribution >= 0.6 is 0 Å². The second kappa shape index (κ2) is 5.02. The summed E-state index contributed by atoms with van der Waals surface area (Å²) < 4.78 is 0. The van der Waals surface area contributed by atoms with Crippen LogP contribution in [0, 0.1) is 0 Å². The topological polar surface area (TPSA) is 58.0 Å². The second-order valence-electron chi connectivity index (χ2n) is 3.51. The standard InChI is InChI=1S/C10H17N3O/c1-3-4-13-10(2,8-14)9-7-11-5-6-12-9/h5-7,13-14H,3-4,8H2,1-2H3. The molecule has 0 aliphatic rings. The molecule has 1 aromatic heterocycles. The molecule has 2 N–H and O–H groups in total. The van der Waals surface area contributed by atoms with E-state index in [0.29, 0.717) is 0 Å². The molecular weight excluding hydrogens is 178 g/mol. The van der Waals surface area contributed by atoms with Gasteiger partial charge in [0.25, 0.3) is 0 Å². The van der Waals surface area contributed by atoms with Crippen molar-refractivity contribution in [3.8, 4) is 0 Å². The van der Waals surface area contributed by atoms with E-state index in [1.807, 2.05) is 6.92 Å². The quantitative estimate of drug-likeness (QED) is 0.725. The van der Waals surface area contributed by atoms with Crippen LogP contribution in [0.15, 0.2) is 18.6 Å². The molecule has 1 atom stereocenters. The summed E-state index contributed by atoms with van der Waals surface area (Å²) >= 11 is 0. The molecule has 0 saturated carbocycles. The van der Waals surface area contributed by atoms with Gasteiger partial charge in [-0.1, -0.05) is 6.92 Å². The van der Waals surface area contributed by atoms with Gasteiger partial charge in [0.05, 0.1) is 24.0 Å².